The van der Waals surface area contributed by atoms with Gasteiger partial charge in [0.2, 0.25) is 0 Å². The first-order valence-electron chi connectivity index (χ1n) is 4.02. The Bertz CT molecular complexity index is 179. The number of hydrogen-bond donors (Lipinski definition) is 0. The van der Waals surface area contributed by atoms with Gasteiger partial charge in [0.25, 0.3) is 0 Å². The van der Waals surface area contributed by atoms with E-state index in [4.69, 9.17) is 4.74 Å². The summed E-state index contributed by atoms with van der Waals surface area (Å²) in [5, 5.41) is 0. The highest BCUT2D eigenvalue weighted by molar-refractivity contribution is 5.87. The lowest BCUT2D eigenvalue weighted by Crippen LogP contribution is -2.37. The van der Waals surface area contributed by atoms with E-state index in [9.17, 15) is 4.79 Å². The predicted octanol–water partition coefficient (Wildman–Crippen LogP) is 0.812. The highest BCUT2D eigenvalue weighted by Gasteiger charge is 2.16. The van der Waals surface area contributed by atoms with Gasteiger partial charge in [-0.25, -0.2) is 4.79 Å². The van der Waals surface area contributed by atoms with E-state index in [2.05, 4.69) is 6.58 Å². The molecule has 0 rings (SSSR count). The van der Waals surface area contributed by atoms with E-state index in [0.29, 0.717) is 23.2 Å². The van der Waals surface area contributed by atoms with Gasteiger partial charge in [0, 0.05) is 0 Å². The van der Waals surface area contributed by atoms with Gasteiger partial charge in [0.1, 0.15) is 6.54 Å². The fourth-order valence-corrected chi connectivity index (χ4v) is 0.870. The second-order valence-electron chi connectivity index (χ2n) is 3.77. The molecule has 0 radical (unpaired) electrons. The molecule has 0 aliphatic carbocycles. The summed E-state index contributed by atoms with van der Waals surface area (Å²) in [4.78, 5) is 11.1. The van der Waals surface area contributed by atoms with E-state index in [1.54, 1.807) is 6.92 Å². The van der Waals surface area contributed by atoms with Gasteiger partial charge < -0.3 is 9.22 Å². The molecule has 3 heteroatoms. The van der Waals surface area contributed by atoms with Crippen molar-refractivity contribution in [3.8, 4) is 0 Å². The van der Waals surface area contributed by atoms with Gasteiger partial charge in [-0.3, -0.25) is 0 Å². The average Bonchev–Trinajstić information content (AvgIpc) is 1.84. The Labute approximate surface area is 74.2 Å². The molecule has 3 nitrogen and oxygen atoms in total. The fourth-order valence-electron chi connectivity index (χ4n) is 0.870. The van der Waals surface area contributed by atoms with Crippen molar-refractivity contribution in [3.05, 3.63) is 12.2 Å². The van der Waals surface area contributed by atoms with Gasteiger partial charge in [-0.05, 0) is 6.92 Å². The van der Waals surface area contributed by atoms with Crippen molar-refractivity contribution in [2.75, 3.05) is 34.3 Å². The molecule has 0 aromatic heterocycles. The van der Waals surface area contributed by atoms with Crippen LogP contribution in [0.4, 0.5) is 0 Å². The molecule has 0 saturated carbocycles. The first kappa shape index (κ1) is 11.2. The van der Waals surface area contributed by atoms with E-state index < -0.39 is 0 Å². The lowest BCUT2D eigenvalue weighted by atomic mass is 10.3. The van der Waals surface area contributed by atoms with Crippen molar-refractivity contribution < 1.29 is 14.0 Å². The molecule has 0 bridgehead atoms. The number of rotatable bonds is 4. The van der Waals surface area contributed by atoms with E-state index in [1.165, 1.54) is 0 Å². The van der Waals surface area contributed by atoms with E-state index in [0.717, 1.165) is 0 Å². The Kier molecular flexibility index (Phi) is 3.96. The highest BCUT2D eigenvalue weighted by atomic mass is 16.5. The number of likely N-dealkylation sites (N-methyl/N-ethyl adjacent to an activating group) is 1. The molecule has 0 spiro atoms. The van der Waals surface area contributed by atoms with Gasteiger partial charge in [0.05, 0.1) is 33.3 Å². The van der Waals surface area contributed by atoms with Crippen LogP contribution < -0.4 is 0 Å². The van der Waals surface area contributed by atoms with Gasteiger partial charge >= 0.3 is 5.97 Å². The summed E-state index contributed by atoms with van der Waals surface area (Å²) < 4.78 is 5.49. The normalized spacial score (nSPS) is 11.0. The summed E-state index contributed by atoms with van der Waals surface area (Å²) in [6.07, 6.45) is 0. The summed E-state index contributed by atoms with van der Waals surface area (Å²) in [7, 11) is 6.01. The maximum atomic E-state index is 11.1. The zero-order chi connectivity index (χ0) is 9.78. The van der Waals surface area contributed by atoms with Crippen molar-refractivity contribution in [1.29, 1.82) is 0 Å². The van der Waals surface area contributed by atoms with Crippen LogP contribution in [-0.4, -0.2) is 44.7 Å². The minimum Gasteiger partial charge on any atom is -0.462 e. The summed E-state index contributed by atoms with van der Waals surface area (Å²) >= 11 is 0. The standard InChI is InChI=1S/C9H18NO2/c1-6-12-9(11)8(2)7-10(3,4)5/h2,6-7H2,1,3-5H3/q+1. The number of carbonyl (C=O) groups is 1. The smallest absolute Gasteiger partial charge is 0.339 e. The Morgan fingerprint density at radius 1 is 1.42 bits per heavy atom. The number of quaternary nitrogens is 1. The minimum absolute atomic E-state index is 0.287. The number of esters is 1. The van der Waals surface area contributed by atoms with Crippen LogP contribution in [0, 0.1) is 0 Å². The molecule has 0 aliphatic heterocycles. The van der Waals surface area contributed by atoms with E-state index >= 15 is 0 Å². The molecule has 0 saturated heterocycles. The molecule has 12 heavy (non-hydrogen) atoms. The van der Waals surface area contributed by atoms with Crippen LogP contribution in [0.3, 0.4) is 0 Å². The van der Waals surface area contributed by atoms with Crippen LogP contribution in [0.2, 0.25) is 0 Å². The topological polar surface area (TPSA) is 26.3 Å². The molecule has 70 valence electrons. The quantitative estimate of drug-likeness (QED) is 0.356. The number of nitrogens with zero attached hydrogens (tertiary/aromatic N) is 1. The van der Waals surface area contributed by atoms with Crippen LogP contribution in [0.15, 0.2) is 12.2 Å². The number of ether oxygens (including phenoxy) is 1. The lowest BCUT2D eigenvalue weighted by molar-refractivity contribution is -0.865. The Morgan fingerprint density at radius 3 is 2.25 bits per heavy atom. The highest BCUT2D eigenvalue weighted by Crippen LogP contribution is 2.01. The number of hydrogen-bond acceptors (Lipinski definition) is 2. The largest absolute Gasteiger partial charge is 0.462 e. The third-order valence-electron chi connectivity index (χ3n) is 1.23. The molecule has 0 aromatic rings. The number of carbonyl (C=O) groups excluding carboxylic acids is 1. The molecule has 0 heterocycles. The van der Waals surface area contributed by atoms with Crippen molar-refractivity contribution in [1.82, 2.24) is 0 Å². The second-order valence-corrected chi connectivity index (χ2v) is 3.77. The molecule has 0 unspecified atom stereocenters. The van der Waals surface area contributed by atoms with Crippen LogP contribution in [0.25, 0.3) is 0 Å². The van der Waals surface area contributed by atoms with E-state index in [-0.39, 0.29) is 5.97 Å². The van der Waals surface area contributed by atoms with E-state index in [1.807, 2.05) is 21.1 Å². The third-order valence-corrected chi connectivity index (χ3v) is 1.23. The average molecular weight is 172 g/mol. The molecule has 0 fully saturated rings. The van der Waals surface area contributed by atoms with Crippen LogP contribution >= 0.6 is 0 Å². The molecule has 0 N–H and O–H groups in total. The summed E-state index contributed by atoms with van der Waals surface area (Å²) in [5.74, 6) is -0.287. The Hall–Kier alpha value is -0.830. The molecule has 0 atom stereocenters. The third kappa shape index (κ3) is 4.91. The van der Waals surface area contributed by atoms with Gasteiger partial charge in [-0.1, -0.05) is 6.58 Å². The molecular weight excluding hydrogens is 154 g/mol. The maximum Gasteiger partial charge on any atom is 0.339 e. The van der Waals surface area contributed by atoms with Crippen molar-refractivity contribution in [2.45, 2.75) is 6.92 Å². The lowest BCUT2D eigenvalue weighted by Gasteiger charge is -2.23. The van der Waals surface area contributed by atoms with Crippen molar-refractivity contribution in [2.24, 2.45) is 0 Å². The van der Waals surface area contributed by atoms with Crippen LogP contribution in [0.1, 0.15) is 6.92 Å². The molecular formula is C9H18NO2+. The van der Waals surface area contributed by atoms with Crippen molar-refractivity contribution in [3.63, 3.8) is 0 Å². The SMILES string of the molecule is C=C(C[N+](C)(C)C)C(=O)OCC. The molecule has 0 aliphatic rings. The first-order valence-corrected chi connectivity index (χ1v) is 4.02. The molecule has 0 aromatic carbocycles. The Morgan fingerprint density at radius 2 is 1.92 bits per heavy atom. The minimum atomic E-state index is -0.287. The second kappa shape index (κ2) is 4.26. The fraction of sp³-hybridized carbons (Fsp3) is 0.667. The Balaban J connectivity index is 3.97. The first-order chi connectivity index (χ1) is 5.37. The van der Waals surface area contributed by atoms with Gasteiger partial charge in [-0.15, -0.1) is 0 Å². The summed E-state index contributed by atoms with van der Waals surface area (Å²) in [5.41, 5.74) is 0.532. The maximum absolute atomic E-state index is 11.1. The van der Waals surface area contributed by atoms with Crippen LogP contribution in [-0.2, 0) is 9.53 Å². The zero-order valence-corrected chi connectivity index (χ0v) is 8.39. The summed E-state index contributed by atoms with van der Waals surface area (Å²) in [6, 6.07) is 0. The van der Waals surface area contributed by atoms with Gasteiger partial charge in [-0.2, -0.15) is 0 Å². The van der Waals surface area contributed by atoms with Crippen LogP contribution in [0.5, 0.6) is 0 Å². The van der Waals surface area contributed by atoms with Gasteiger partial charge in [0.15, 0.2) is 0 Å². The monoisotopic (exact) mass is 172 g/mol. The van der Waals surface area contributed by atoms with Crippen molar-refractivity contribution >= 4 is 5.97 Å². The molecule has 0 amide bonds. The summed E-state index contributed by atoms with van der Waals surface area (Å²) in [6.45, 7) is 6.49. The predicted molar refractivity (Wildman–Crippen MR) is 48.7 cm³/mol. The zero-order valence-electron chi connectivity index (χ0n) is 8.39.